The van der Waals surface area contributed by atoms with Crippen LogP contribution in [-0.4, -0.2) is 20.4 Å². The van der Waals surface area contributed by atoms with E-state index in [4.69, 9.17) is 0 Å². The average molecular weight is 244 g/mol. The van der Waals surface area contributed by atoms with Gasteiger partial charge in [0.25, 0.3) is 0 Å². The van der Waals surface area contributed by atoms with Gasteiger partial charge in [-0.3, -0.25) is 4.79 Å². The number of aliphatic hydroxyl groups is 1. The van der Waals surface area contributed by atoms with Crippen molar-refractivity contribution in [3.8, 4) is 0 Å². The minimum Gasteiger partial charge on any atom is -0.385 e. The summed E-state index contributed by atoms with van der Waals surface area (Å²) in [6, 6.07) is 5.84. The van der Waals surface area contributed by atoms with Crippen molar-refractivity contribution in [3.05, 3.63) is 30.1 Å². The minimum absolute atomic E-state index is 0.251. The van der Waals surface area contributed by atoms with Crippen LogP contribution in [0.15, 0.2) is 24.5 Å². The lowest BCUT2D eigenvalue weighted by Gasteiger charge is -2.32. The van der Waals surface area contributed by atoms with E-state index in [0.29, 0.717) is 25.7 Å². The first-order valence-electron chi connectivity index (χ1n) is 6.24. The Hall–Kier alpha value is -1.68. The molecule has 1 saturated carbocycles. The summed E-state index contributed by atoms with van der Waals surface area (Å²) < 4.78 is 1.94. The van der Waals surface area contributed by atoms with Gasteiger partial charge in [0.15, 0.2) is 0 Å². The third kappa shape index (κ3) is 1.73. The quantitative estimate of drug-likeness (QED) is 0.833. The third-order valence-electron chi connectivity index (χ3n) is 3.90. The second-order valence-electron chi connectivity index (χ2n) is 5.13. The van der Waals surface area contributed by atoms with Crippen molar-refractivity contribution in [2.24, 2.45) is 7.05 Å². The van der Waals surface area contributed by atoms with Crippen LogP contribution in [0.2, 0.25) is 0 Å². The van der Waals surface area contributed by atoms with E-state index < -0.39 is 5.60 Å². The Balaban J connectivity index is 2.03. The normalized spacial score (nSPS) is 19.3. The molecule has 0 atom stereocenters. The van der Waals surface area contributed by atoms with Crippen LogP contribution in [0, 0.1) is 0 Å². The lowest BCUT2D eigenvalue weighted by molar-refractivity contribution is -0.125. The summed E-state index contributed by atoms with van der Waals surface area (Å²) in [5.41, 5.74) is 1.98. The van der Waals surface area contributed by atoms with Crippen molar-refractivity contribution in [1.29, 1.82) is 0 Å². The molecule has 1 aliphatic rings. The molecule has 1 aromatic heterocycles. The second-order valence-corrected chi connectivity index (χ2v) is 5.13. The first-order chi connectivity index (χ1) is 8.58. The Morgan fingerprint density at radius 3 is 2.78 bits per heavy atom. The Bertz CT molecular complexity index is 605. The molecule has 1 fully saturated rings. The van der Waals surface area contributed by atoms with Crippen LogP contribution in [-0.2, 0) is 17.4 Å². The molecule has 3 rings (SSSR count). The molecule has 0 aliphatic heterocycles. The molecular weight excluding hydrogens is 228 g/mol. The van der Waals surface area contributed by atoms with E-state index in [1.165, 1.54) is 0 Å². The van der Waals surface area contributed by atoms with Gasteiger partial charge >= 0.3 is 0 Å². The van der Waals surface area contributed by atoms with Crippen LogP contribution in [0.1, 0.15) is 31.2 Å². The number of rotatable bonds is 1. The topological polar surface area (TPSA) is 55.1 Å². The van der Waals surface area contributed by atoms with E-state index in [9.17, 15) is 9.90 Å². The van der Waals surface area contributed by atoms with Crippen LogP contribution < -0.4 is 0 Å². The van der Waals surface area contributed by atoms with E-state index in [0.717, 1.165) is 16.6 Å². The molecule has 0 amide bonds. The monoisotopic (exact) mass is 244 g/mol. The van der Waals surface area contributed by atoms with Crippen LogP contribution >= 0.6 is 0 Å². The summed E-state index contributed by atoms with van der Waals surface area (Å²) in [6.45, 7) is 0. The van der Waals surface area contributed by atoms with E-state index in [-0.39, 0.29) is 5.78 Å². The fourth-order valence-corrected chi connectivity index (χ4v) is 2.65. The van der Waals surface area contributed by atoms with Gasteiger partial charge in [-0.2, -0.15) is 0 Å². The van der Waals surface area contributed by atoms with Gasteiger partial charge in [0, 0.05) is 19.9 Å². The van der Waals surface area contributed by atoms with Gasteiger partial charge in [0.1, 0.15) is 5.78 Å². The molecule has 0 radical (unpaired) electrons. The summed E-state index contributed by atoms with van der Waals surface area (Å²) in [6.07, 6.45) is 3.76. The smallest absolute Gasteiger partial charge is 0.133 e. The highest BCUT2D eigenvalue weighted by molar-refractivity contribution is 5.80. The summed E-state index contributed by atoms with van der Waals surface area (Å²) in [4.78, 5) is 15.5. The Labute approximate surface area is 105 Å². The number of Topliss-reactive ketones (excluding diaryl/α,β-unsaturated/α-hetero) is 1. The number of carbonyl (C=O) groups excluding carboxylic acids is 1. The molecule has 1 heterocycles. The van der Waals surface area contributed by atoms with E-state index in [1.54, 1.807) is 6.33 Å². The molecule has 18 heavy (non-hydrogen) atoms. The molecule has 1 N–H and O–H groups in total. The SMILES string of the molecule is Cn1cnc2ccc(C3(O)CCC(=O)CC3)cc21. The van der Waals surface area contributed by atoms with Gasteiger partial charge in [-0.15, -0.1) is 0 Å². The third-order valence-corrected chi connectivity index (χ3v) is 3.90. The lowest BCUT2D eigenvalue weighted by Crippen LogP contribution is -2.31. The van der Waals surface area contributed by atoms with Crippen molar-refractivity contribution >= 4 is 16.8 Å². The average Bonchev–Trinajstić information content (AvgIpc) is 2.75. The van der Waals surface area contributed by atoms with Crippen molar-refractivity contribution in [3.63, 3.8) is 0 Å². The number of nitrogens with zero attached hydrogens (tertiary/aromatic N) is 2. The number of imidazole rings is 1. The van der Waals surface area contributed by atoms with Gasteiger partial charge in [-0.1, -0.05) is 6.07 Å². The highest BCUT2D eigenvalue weighted by atomic mass is 16.3. The Morgan fingerprint density at radius 2 is 2.06 bits per heavy atom. The summed E-state index contributed by atoms with van der Waals surface area (Å²) in [5, 5.41) is 10.7. The predicted molar refractivity (Wildman–Crippen MR) is 68.1 cm³/mol. The molecule has 0 saturated heterocycles. The molecule has 0 bridgehead atoms. The number of ketones is 1. The standard InChI is InChI=1S/C14H16N2O2/c1-16-9-15-12-3-2-10(8-13(12)16)14(18)6-4-11(17)5-7-14/h2-3,8-9,18H,4-7H2,1H3. The van der Waals surface area contributed by atoms with Crippen LogP contribution in [0.4, 0.5) is 0 Å². The fraction of sp³-hybridized carbons (Fsp3) is 0.429. The highest BCUT2D eigenvalue weighted by Crippen LogP contribution is 2.36. The maximum atomic E-state index is 11.3. The van der Waals surface area contributed by atoms with Gasteiger partial charge in [-0.25, -0.2) is 4.98 Å². The molecule has 4 heteroatoms. The molecule has 0 spiro atoms. The zero-order chi connectivity index (χ0) is 12.8. The summed E-state index contributed by atoms with van der Waals surface area (Å²) in [5.74, 6) is 0.251. The van der Waals surface area contributed by atoms with Gasteiger partial charge < -0.3 is 9.67 Å². The molecule has 4 nitrogen and oxygen atoms in total. The van der Waals surface area contributed by atoms with Crippen molar-refractivity contribution in [2.45, 2.75) is 31.3 Å². The fourth-order valence-electron chi connectivity index (χ4n) is 2.65. The number of hydrogen-bond donors (Lipinski definition) is 1. The second kappa shape index (κ2) is 3.92. The van der Waals surface area contributed by atoms with Gasteiger partial charge in [0.2, 0.25) is 0 Å². The van der Waals surface area contributed by atoms with Crippen molar-refractivity contribution < 1.29 is 9.90 Å². The largest absolute Gasteiger partial charge is 0.385 e. The highest BCUT2D eigenvalue weighted by Gasteiger charge is 2.34. The van der Waals surface area contributed by atoms with E-state index >= 15 is 0 Å². The maximum Gasteiger partial charge on any atom is 0.133 e. The summed E-state index contributed by atoms with van der Waals surface area (Å²) >= 11 is 0. The molecule has 1 aliphatic carbocycles. The van der Waals surface area contributed by atoms with Crippen LogP contribution in [0.3, 0.4) is 0 Å². The molecule has 94 valence electrons. The van der Waals surface area contributed by atoms with Gasteiger partial charge in [-0.05, 0) is 30.5 Å². The molecule has 0 unspecified atom stereocenters. The van der Waals surface area contributed by atoms with Crippen LogP contribution in [0.5, 0.6) is 0 Å². The first-order valence-corrected chi connectivity index (χ1v) is 6.24. The number of fused-ring (bicyclic) bond motifs is 1. The molecular formula is C14H16N2O2. The number of aromatic nitrogens is 2. The predicted octanol–water partition coefficient (Wildman–Crippen LogP) is 1.90. The van der Waals surface area contributed by atoms with E-state index in [2.05, 4.69) is 4.98 Å². The van der Waals surface area contributed by atoms with Crippen molar-refractivity contribution in [2.75, 3.05) is 0 Å². The summed E-state index contributed by atoms with van der Waals surface area (Å²) in [7, 11) is 1.94. The lowest BCUT2D eigenvalue weighted by atomic mass is 9.79. The van der Waals surface area contributed by atoms with Gasteiger partial charge in [0.05, 0.1) is 23.0 Å². The van der Waals surface area contributed by atoms with Crippen LogP contribution in [0.25, 0.3) is 11.0 Å². The number of carbonyl (C=O) groups is 1. The molecule has 1 aromatic carbocycles. The maximum absolute atomic E-state index is 11.3. The number of aryl methyl sites for hydroxylation is 1. The number of benzene rings is 1. The zero-order valence-corrected chi connectivity index (χ0v) is 10.4. The minimum atomic E-state index is -0.855. The molecule has 2 aromatic rings. The van der Waals surface area contributed by atoms with E-state index in [1.807, 2.05) is 29.8 Å². The zero-order valence-electron chi connectivity index (χ0n) is 10.4. The van der Waals surface area contributed by atoms with Crippen molar-refractivity contribution in [1.82, 2.24) is 9.55 Å². The first kappa shape index (κ1) is 11.4. The number of hydrogen-bond acceptors (Lipinski definition) is 3. The Kier molecular flexibility index (Phi) is 2.48. The Morgan fingerprint density at radius 1 is 1.33 bits per heavy atom.